The fraction of sp³-hybridized carbons (Fsp3) is 0.929. The number of hydrogen-bond acceptors (Lipinski definition) is 5. The largest absolute Gasteiger partial charge is 0.448 e. The molecule has 0 aromatic heterocycles. The van der Waals surface area contributed by atoms with Gasteiger partial charge in [-0.25, -0.2) is 9.63 Å². The molecule has 1 fully saturated rings. The molecule has 0 aliphatic carbocycles. The first-order valence-electron chi connectivity index (χ1n) is 7.08. The van der Waals surface area contributed by atoms with Crippen LogP contribution in [0.4, 0.5) is 4.79 Å². The summed E-state index contributed by atoms with van der Waals surface area (Å²) >= 11 is 0. The van der Waals surface area contributed by atoms with E-state index < -0.39 is 6.09 Å². The Morgan fingerprint density at radius 1 is 1.25 bits per heavy atom. The summed E-state index contributed by atoms with van der Waals surface area (Å²) in [5, 5.41) is 4.91. The van der Waals surface area contributed by atoms with Crippen molar-refractivity contribution in [3.63, 3.8) is 0 Å². The van der Waals surface area contributed by atoms with Crippen LogP contribution in [-0.2, 0) is 14.3 Å². The molecule has 118 valence electrons. The summed E-state index contributed by atoms with van der Waals surface area (Å²) < 4.78 is 9.98. The third-order valence-electron chi connectivity index (χ3n) is 3.26. The van der Waals surface area contributed by atoms with E-state index in [-0.39, 0.29) is 23.9 Å². The zero-order chi connectivity index (χ0) is 15.4. The van der Waals surface area contributed by atoms with E-state index in [1.165, 1.54) is 12.2 Å². The summed E-state index contributed by atoms with van der Waals surface area (Å²) in [5.74, 6) is 0. The van der Waals surface area contributed by atoms with Gasteiger partial charge in [0.2, 0.25) is 0 Å². The minimum atomic E-state index is -0.456. The molecule has 0 atom stereocenters. The number of piperidine rings is 1. The minimum Gasteiger partial charge on any atom is -0.448 e. The van der Waals surface area contributed by atoms with E-state index in [4.69, 9.17) is 14.3 Å². The van der Waals surface area contributed by atoms with Gasteiger partial charge in [-0.3, -0.25) is 0 Å². The lowest BCUT2D eigenvalue weighted by atomic mass is 9.79. The highest BCUT2D eigenvalue weighted by atomic mass is 16.8. The second kappa shape index (κ2) is 6.74. The van der Waals surface area contributed by atoms with Gasteiger partial charge >= 0.3 is 6.09 Å². The van der Waals surface area contributed by atoms with Crippen molar-refractivity contribution in [2.75, 3.05) is 20.5 Å². The maximum Gasteiger partial charge on any atom is 0.434 e. The number of hydroxylamine groups is 2. The molecule has 0 aromatic carbocycles. The minimum absolute atomic E-state index is 0.0313. The maximum absolute atomic E-state index is 12.1. The first-order chi connectivity index (χ1) is 9.21. The van der Waals surface area contributed by atoms with Gasteiger partial charge in [0.25, 0.3) is 0 Å². The predicted octanol–water partition coefficient (Wildman–Crippen LogP) is 2.29. The van der Waals surface area contributed by atoms with Gasteiger partial charge in [-0.2, -0.15) is 5.06 Å². The summed E-state index contributed by atoms with van der Waals surface area (Å²) in [6, 6.07) is -0.0459. The summed E-state index contributed by atoms with van der Waals surface area (Å²) in [6.45, 7) is 10.6. The van der Waals surface area contributed by atoms with Crippen LogP contribution in [-0.4, -0.2) is 48.8 Å². The van der Waals surface area contributed by atoms with E-state index in [0.717, 1.165) is 12.8 Å². The number of carbonyl (C=O) groups excluding carboxylic acids is 1. The fourth-order valence-corrected chi connectivity index (χ4v) is 3.04. The highest BCUT2D eigenvalue weighted by Crippen LogP contribution is 2.32. The van der Waals surface area contributed by atoms with E-state index >= 15 is 0 Å². The second-order valence-corrected chi connectivity index (χ2v) is 6.52. The number of nitrogens with zero attached hydrogens (tertiary/aromatic N) is 1. The molecule has 6 nitrogen and oxygen atoms in total. The molecule has 0 unspecified atom stereocenters. The highest BCUT2D eigenvalue weighted by molar-refractivity contribution is 5.66. The average molecular weight is 288 g/mol. The van der Waals surface area contributed by atoms with Gasteiger partial charge in [0.05, 0.1) is 12.6 Å². The molecule has 1 aliphatic heterocycles. The van der Waals surface area contributed by atoms with Crippen LogP contribution in [0, 0.1) is 0 Å². The number of rotatable bonds is 5. The molecule has 0 aromatic rings. The van der Waals surface area contributed by atoms with Crippen LogP contribution in [0.5, 0.6) is 0 Å². The van der Waals surface area contributed by atoms with Crippen LogP contribution in [0.3, 0.4) is 0 Å². The van der Waals surface area contributed by atoms with Gasteiger partial charge in [0, 0.05) is 18.2 Å². The lowest BCUT2D eigenvalue weighted by Crippen LogP contribution is -2.62. The number of nitrogens with one attached hydrogen (secondary N) is 1. The number of amides is 1. The van der Waals surface area contributed by atoms with E-state index in [9.17, 15) is 4.79 Å². The molecule has 1 heterocycles. The van der Waals surface area contributed by atoms with Crippen LogP contribution < -0.4 is 5.32 Å². The first kappa shape index (κ1) is 17.2. The van der Waals surface area contributed by atoms with Gasteiger partial charge in [-0.05, 0) is 47.5 Å². The molecule has 0 spiro atoms. The van der Waals surface area contributed by atoms with Crippen molar-refractivity contribution in [2.24, 2.45) is 0 Å². The summed E-state index contributed by atoms with van der Waals surface area (Å²) in [7, 11) is 1.53. The Morgan fingerprint density at radius 3 is 2.25 bits per heavy atom. The fourth-order valence-electron chi connectivity index (χ4n) is 3.04. The van der Waals surface area contributed by atoms with E-state index in [1.54, 1.807) is 6.92 Å². The Morgan fingerprint density at radius 2 is 1.80 bits per heavy atom. The van der Waals surface area contributed by atoms with Crippen molar-refractivity contribution in [3.8, 4) is 0 Å². The van der Waals surface area contributed by atoms with Crippen LogP contribution in [0.2, 0.25) is 0 Å². The topological polar surface area (TPSA) is 60.0 Å². The van der Waals surface area contributed by atoms with Crippen molar-refractivity contribution >= 4 is 6.09 Å². The smallest absolute Gasteiger partial charge is 0.434 e. The molecular weight excluding hydrogens is 260 g/mol. The average Bonchev–Trinajstić information content (AvgIpc) is 2.25. The monoisotopic (exact) mass is 288 g/mol. The van der Waals surface area contributed by atoms with E-state index in [2.05, 4.69) is 33.0 Å². The molecule has 0 radical (unpaired) electrons. The van der Waals surface area contributed by atoms with Crippen LogP contribution in [0.25, 0.3) is 0 Å². The van der Waals surface area contributed by atoms with E-state index in [0.29, 0.717) is 6.61 Å². The Balaban J connectivity index is 2.85. The SMILES string of the molecule is CCOC(=O)N(OCOC)C1CC(C)(C)NC(C)(C)C1. The third-order valence-corrected chi connectivity index (χ3v) is 3.26. The lowest BCUT2D eigenvalue weighted by Gasteiger charge is -2.48. The van der Waals surface area contributed by atoms with Crippen molar-refractivity contribution in [1.82, 2.24) is 10.4 Å². The van der Waals surface area contributed by atoms with Crippen molar-refractivity contribution < 1.29 is 19.1 Å². The number of hydrogen-bond donors (Lipinski definition) is 1. The number of ether oxygens (including phenoxy) is 2. The maximum atomic E-state index is 12.1. The first-order valence-corrected chi connectivity index (χ1v) is 7.08. The Kier molecular flexibility index (Phi) is 5.79. The highest BCUT2D eigenvalue weighted by Gasteiger charge is 2.42. The third kappa shape index (κ3) is 4.92. The molecule has 1 N–H and O–H groups in total. The van der Waals surface area contributed by atoms with Crippen molar-refractivity contribution in [2.45, 2.75) is 64.6 Å². The van der Waals surface area contributed by atoms with E-state index in [1.807, 2.05) is 0 Å². The zero-order valence-electron chi connectivity index (χ0n) is 13.5. The number of methoxy groups -OCH3 is 1. The quantitative estimate of drug-likeness (QED) is 0.621. The summed E-state index contributed by atoms with van der Waals surface area (Å²) in [6.07, 6.45) is 1.13. The predicted molar refractivity (Wildman–Crippen MR) is 76.1 cm³/mol. The van der Waals surface area contributed by atoms with Crippen LogP contribution >= 0.6 is 0 Å². The molecule has 1 aliphatic rings. The number of carbonyl (C=O) groups is 1. The molecule has 1 rings (SSSR count). The van der Waals surface area contributed by atoms with Gasteiger partial charge in [0.1, 0.15) is 0 Å². The molecule has 20 heavy (non-hydrogen) atoms. The summed E-state index contributed by atoms with van der Waals surface area (Å²) in [4.78, 5) is 17.5. The van der Waals surface area contributed by atoms with Gasteiger partial charge in [0.15, 0.2) is 6.79 Å². The molecule has 6 heteroatoms. The molecule has 0 saturated carbocycles. The van der Waals surface area contributed by atoms with Crippen molar-refractivity contribution in [1.29, 1.82) is 0 Å². The molecule has 1 saturated heterocycles. The molecule has 1 amide bonds. The summed E-state index contributed by atoms with van der Waals surface area (Å²) in [5.41, 5.74) is -0.152. The lowest BCUT2D eigenvalue weighted by molar-refractivity contribution is -0.224. The molecular formula is C14H28N2O4. The van der Waals surface area contributed by atoms with Gasteiger partial charge in [-0.1, -0.05) is 0 Å². The van der Waals surface area contributed by atoms with Crippen LogP contribution in [0.15, 0.2) is 0 Å². The van der Waals surface area contributed by atoms with Gasteiger partial charge < -0.3 is 14.8 Å². The Labute approximate surface area is 121 Å². The molecule has 0 bridgehead atoms. The standard InChI is InChI=1S/C14H28N2O4/c1-7-19-12(17)16(20-10-18-6)11-8-13(2,3)15-14(4,5)9-11/h11,15H,7-10H2,1-6H3. The van der Waals surface area contributed by atoms with Crippen LogP contribution in [0.1, 0.15) is 47.5 Å². The van der Waals surface area contributed by atoms with Crippen molar-refractivity contribution in [3.05, 3.63) is 0 Å². The second-order valence-electron chi connectivity index (χ2n) is 6.52. The zero-order valence-corrected chi connectivity index (χ0v) is 13.5. The normalized spacial score (nSPS) is 21.5. The Bertz CT molecular complexity index is 315. The Hall–Kier alpha value is -0.850. The van der Waals surface area contributed by atoms with Gasteiger partial charge in [-0.15, -0.1) is 0 Å².